The molecule has 3 rings (SSSR count). The van der Waals surface area contributed by atoms with Crippen molar-refractivity contribution < 1.29 is 0 Å². The number of rotatable bonds is 2. The summed E-state index contributed by atoms with van der Waals surface area (Å²) >= 11 is 1.58. The standard InChI is InChI=1S/C11H17N5S/c1-7(2)8-13-14-10-16(8)15-9(17-10)11(12)5-3-4-6-11/h7H,3-6,12H2,1-2H3. The monoisotopic (exact) mass is 251 g/mol. The topological polar surface area (TPSA) is 69.1 Å². The lowest BCUT2D eigenvalue weighted by molar-refractivity contribution is 0.452. The van der Waals surface area contributed by atoms with Gasteiger partial charge in [0.15, 0.2) is 5.82 Å². The molecule has 2 aromatic heterocycles. The fourth-order valence-electron chi connectivity index (χ4n) is 2.41. The lowest BCUT2D eigenvalue weighted by atomic mass is 10.0. The summed E-state index contributed by atoms with van der Waals surface area (Å²) in [6.45, 7) is 4.20. The third-order valence-corrected chi connectivity index (χ3v) is 4.57. The average Bonchev–Trinajstić information content (AvgIpc) is 2.89. The highest BCUT2D eigenvalue weighted by Gasteiger charge is 2.35. The van der Waals surface area contributed by atoms with Crippen molar-refractivity contribution in [1.29, 1.82) is 0 Å². The SMILES string of the molecule is CC(C)c1nnc2sc(C3(N)CCCC3)nn12. The number of nitrogens with zero attached hydrogens (tertiary/aromatic N) is 4. The van der Waals surface area contributed by atoms with Crippen LogP contribution in [0, 0.1) is 0 Å². The van der Waals surface area contributed by atoms with Gasteiger partial charge in [-0.15, -0.1) is 10.2 Å². The van der Waals surface area contributed by atoms with Gasteiger partial charge in [0.25, 0.3) is 0 Å². The van der Waals surface area contributed by atoms with E-state index in [1.54, 1.807) is 11.3 Å². The summed E-state index contributed by atoms with van der Waals surface area (Å²) in [5.74, 6) is 1.25. The molecule has 2 heterocycles. The van der Waals surface area contributed by atoms with Crippen LogP contribution in [0.1, 0.15) is 56.3 Å². The van der Waals surface area contributed by atoms with Crippen molar-refractivity contribution in [2.45, 2.75) is 51.0 Å². The maximum atomic E-state index is 6.42. The molecule has 0 aliphatic heterocycles. The molecule has 1 saturated carbocycles. The Morgan fingerprint density at radius 3 is 2.65 bits per heavy atom. The Morgan fingerprint density at radius 2 is 2.00 bits per heavy atom. The highest BCUT2D eigenvalue weighted by molar-refractivity contribution is 7.16. The van der Waals surface area contributed by atoms with Crippen LogP contribution in [0.4, 0.5) is 0 Å². The summed E-state index contributed by atoms with van der Waals surface area (Å²) in [7, 11) is 0. The molecule has 1 aliphatic carbocycles. The first-order valence-corrected chi connectivity index (χ1v) is 6.93. The third-order valence-electron chi connectivity index (χ3n) is 3.45. The summed E-state index contributed by atoms with van der Waals surface area (Å²) in [5, 5.41) is 14.0. The highest BCUT2D eigenvalue weighted by atomic mass is 32.1. The van der Waals surface area contributed by atoms with E-state index in [0.29, 0.717) is 5.92 Å². The van der Waals surface area contributed by atoms with Gasteiger partial charge in [0.2, 0.25) is 4.96 Å². The van der Waals surface area contributed by atoms with Crippen molar-refractivity contribution in [1.82, 2.24) is 19.8 Å². The Bertz CT molecular complexity index is 535. The van der Waals surface area contributed by atoms with Gasteiger partial charge in [0, 0.05) is 5.92 Å². The fourth-order valence-corrected chi connectivity index (χ4v) is 3.42. The molecule has 1 aliphatic rings. The molecule has 0 unspecified atom stereocenters. The van der Waals surface area contributed by atoms with Gasteiger partial charge >= 0.3 is 0 Å². The van der Waals surface area contributed by atoms with Crippen LogP contribution in [0.5, 0.6) is 0 Å². The summed E-state index contributed by atoms with van der Waals surface area (Å²) in [5.41, 5.74) is 6.19. The molecule has 0 bridgehead atoms. The van der Waals surface area contributed by atoms with Gasteiger partial charge in [-0.1, -0.05) is 38.0 Å². The van der Waals surface area contributed by atoms with Crippen LogP contribution < -0.4 is 5.73 Å². The Hall–Kier alpha value is -1.01. The fraction of sp³-hybridized carbons (Fsp3) is 0.727. The molecule has 2 N–H and O–H groups in total. The molecule has 5 nitrogen and oxygen atoms in total. The molecule has 92 valence electrons. The molecule has 0 saturated heterocycles. The molecular weight excluding hydrogens is 234 g/mol. The Morgan fingerprint density at radius 1 is 1.29 bits per heavy atom. The molecule has 0 amide bonds. The molecule has 0 aromatic carbocycles. The summed E-state index contributed by atoms with van der Waals surface area (Å²) in [4.78, 5) is 0.862. The normalized spacial score (nSPS) is 19.5. The zero-order valence-electron chi connectivity index (χ0n) is 10.2. The minimum atomic E-state index is -0.223. The van der Waals surface area contributed by atoms with E-state index < -0.39 is 0 Å². The van der Waals surface area contributed by atoms with Gasteiger partial charge in [-0.25, -0.2) is 0 Å². The Balaban J connectivity index is 2.07. The smallest absolute Gasteiger partial charge is 0.234 e. The van der Waals surface area contributed by atoms with Crippen molar-refractivity contribution in [3.8, 4) is 0 Å². The molecule has 17 heavy (non-hydrogen) atoms. The van der Waals surface area contributed by atoms with E-state index in [1.807, 2.05) is 4.52 Å². The van der Waals surface area contributed by atoms with E-state index in [-0.39, 0.29) is 5.54 Å². The first-order chi connectivity index (χ1) is 8.10. The van der Waals surface area contributed by atoms with Crippen molar-refractivity contribution in [3.05, 3.63) is 10.8 Å². The van der Waals surface area contributed by atoms with Crippen molar-refractivity contribution in [2.75, 3.05) is 0 Å². The number of fused-ring (bicyclic) bond motifs is 1. The lowest BCUT2D eigenvalue weighted by Gasteiger charge is -2.19. The maximum absolute atomic E-state index is 6.42. The van der Waals surface area contributed by atoms with Gasteiger partial charge in [-0.2, -0.15) is 9.61 Å². The van der Waals surface area contributed by atoms with Crippen molar-refractivity contribution in [3.63, 3.8) is 0 Å². The van der Waals surface area contributed by atoms with Crippen LogP contribution in [0.15, 0.2) is 0 Å². The molecule has 0 radical (unpaired) electrons. The van der Waals surface area contributed by atoms with Crippen LogP contribution in [0.25, 0.3) is 4.96 Å². The summed E-state index contributed by atoms with van der Waals surface area (Å²) in [6.07, 6.45) is 4.48. The minimum absolute atomic E-state index is 0.223. The maximum Gasteiger partial charge on any atom is 0.234 e. The van der Waals surface area contributed by atoms with Crippen LogP contribution >= 0.6 is 11.3 Å². The van der Waals surface area contributed by atoms with E-state index in [4.69, 9.17) is 5.73 Å². The van der Waals surface area contributed by atoms with E-state index in [2.05, 4.69) is 29.1 Å². The first-order valence-electron chi connectivity index (χ1n) is 6.12. The van der Waals surface area contributed by atoms with E-state index in [0.717, 1.165) is 28.6 Å². The van der Waals surface area contributed by atoms with Gasteiger partial charge < -0.3 is 5.73 Å². The van der Waals surface area contributed by atoms with Crippen molar-refractivity contribution in [2.24, 2.45) is 5.73 Å². The highest BCUT2D eigenvalue weighted by Crippen LogP contribution is 2.38. The van der Waals surface area contributed by atoms with Crippen LogP contribution in [0.2, 0.25) is 0 Å². The molecule has 6 heteroatoms. The summed E-state index contributed by atoms with van der Waals surface area (Å²) in [6, 6.07) is 0. The predicted molar refractivity (Wildman–Crippen MR) is 67.1 cm³/mol. The lowest BCUT2D eigenvalue weighted by Crippen LogP contribution is -2.33. The molecule has 2 aromatic rings. The molecular formula is C11H17N5S. The van der Waals surface area contributed by atoms with E-state index in [9.17, 15) is 0 Å². The van der Waals surface area contributed by atoms with Gasteiger partial charge in [0.05, 0.1) is 5.54 Å². The molecule has 1 fully saturated rings. The zero-order chi connectivity index (χ0) is 12.0. The Labute approximate surface area is 104 Å². The van der Waals surface area contributed by atoms with Gasteiger partial charge in [0.1, 0.15) is 5.01 Å². The average molecular weight is 251 g/mol. The second-order valence-electron chi connectivity index (χ2n) is 5.18. The molecule has 0 spiro atoms. The predicted octanol–water partition coefficient (Wildman–Crippen LogP) is 2.04. The number of nitrogens with two attached hydrogens (primary N) is 1. The number of hydrogen-bond donors (Lipinski definition) is 1. The second-order valence-corrected chi connectivity index (χ2v) is 6.13. The zero-order valence-corrected chi connectivity index (χ0v) is 11.0. The van der Waals surface area contributed by atoms with Crippen molar-refractivity contribution >= 4 is 16.3 Å². The van der Waals surface area contributed by atoms with Gasteiger partial charge in [-0.3, -0.25) is 0 Å². The second kappa shape index (κ2) is 3.74. The van der Waals surface area contributed by atoms with Gasteiger partial charge in [-0.05, 0) is 12.8 Å². The van der Waals surface area contributed by atoms with Crippen LogP contribution in [0.3, 0.4) is 0 Å². The minimum Gasteiger partial charge on any atom is -0.319 e. The first kappa shape index (κ1) is 11.1. The quantitative estimate of drug-likeness (QED) is 0.886. The van der Waals surface area contributed by atoms with Crippen LogP contribution in [-0.4, -0.2) is 19.8 Å². The number of aromatic nitrogens is 4. The molecule has 0 atom stereocenters. The van der Waals surface area contributed by atoms with E-state index in [1.165, 1.54) is 12.8 Å². The van der Waals surface area contributed by atoms with E-state index >= 15 is 0 Å². The van der Waals surface area contributed by atoms with Crippen LogP contribution in [-0.2, 0) is 5.54 Å². The number of hydrogen-bond acceptors (Lipinski definition) is 5. The largest absolute Gasteiger partial charge is 0.319 e. The summed E-state index contributed by atoms with van der Waals surface area (Å²) < 4.78 is 1.86. The Kier molecular flexibility index (Phi) is 2.45. The third kappa shape index (κ3) is 1.66.